The van der Waals surface area contributed by atoms with Crippen molar-refractivity contribution in [1.82, 2.24) is 9.88 Å². The Labute approximate surface area is 114 Å². The number of hydrogen-bond acceptors (Lipinski definition) is 3. The zero-order valence-electron chi connectivity index (χ0n) is 11.4. The lowest BCUT2D eigenvalue weighted by Gasteiger charge is -2.22. The van der Waals surface area contributed by atoms with Gasteiger partial charge in [-0.3, -0.25) is 9.88 Å². The summed E-state index contributed by atoms with van der Waals surface area (Å²) >= 11 is 0. The van der Waals surface area contributed by atoms with Crippen molar-refractivity contribution >= 4 is 0 Å². The minimum Gasteiger partial charge on any atom is -0.468 e. The average Bonchev–Trinajstić information content (AvgIpc) is 3.10. The number of hydrogen-bond donors (Lipinski definition) is 0. The van der Waals surface area contributed by atoms with Crippen molar-refractivity contribution in [3.05, 3.63) is 53.7 Å². The van der Waals surface area contributed by atoms with Crippen LogP contribution in [0, 0.1) is 0 Å². The summed E-state index contributed by atoms with van der Waals surface area (Å²) in [6.45, 7) is 4.20. The Morgan fingerprint density at radius 2 is 2.32 bits per heavy atom. The molecular weight excluding hydrogens is 236 g/mol. The molecule has 0 aliphatic carbocycles. The van der Waals surface area contributed by atoms with Crippen LogP contribution in [-0.4, -0.2) is 16.4 Å². The van der Waals surface area contributed by atoms with E-state index in [1.807, 2.05) is 12.3 Å². The van der Waals surface area contributed by atoms with Crippen molar-refractivity contribution in [2.45, 2.75) is 38.8 Å². The number of aromatic nitrogens is 1. The molecule has 3 heterocycles. The van der Waals surface area contributed by atoms with Crippen molar-refractivity contribution in [3.63, 3.8) is 0 Å². The van der Waals surface area contributed by atoms with E-state index in [-0.39, 0.29) is 0 Å². The fraction of sp³-hybridized carbons (Fsp3) is 0.438. The highest BCUT2D eigenvalue weighted by Gasteiger charge is 2.28. The minimum atomic E-state index is 0.419. The molecule has 0 unspecified atom stereocenters. The molecule has 0 amide bonds. The fourth-order valence-corrected chi connectivity index (χ4v) is 2.78. The molecule has 2 aromatic rings. The van der Waals surface area contributed by atoms with Gasteiger partial charge in [-0.05, 0) is 49.6 Å². The van der Waals surface area contributed by atoms with Gasteiger partial charge in [0.2, 0.25) is 0 Å². The number of likely N-dealkylation sites (tertiary alicyclic amines) is 1. The normalized spacial score (nSPS) is 19.9. The van der Waals surface area contributed by atoms with E-state index in [0.29, 0.717) is 6.04 Å². The van der Waals surface area contributed by atoms with Gasteiger partial charge in [0.05, 0.1) is 18.0 Å². The van der Waals surface area contributed by atoms with Crippen molar-refractivity contribution in [3.8, 4) is 0 Å². The second-order valence-corrected chi connectivity index (χ2v) is 5.16. The molecule has 0 saturated carbocycles. The van der Waals surface area contributed by atoms with E-state index >= 15 is 0 Å². The zero-order chi connectivity index (χ0) is 13.1. The van der Waals surface area contributed by atoms with Gasteiger partial charge in [-0.2, -0.15) is 0 Å². The van der Waals surface area contributed by atoms with Gasteiger partial charge in [-0.1, -0.05) is 13.0 Å². The van der Waals surface area contributed by atoms with Crippen molar-refractivity contribution in [2.24, 2.45) is 0 Å². The Balaban J connectivity index is 1.71. The van der Waals surface area contributed by atoms with Crippen LogP contribution in [0.1, 0.15) is 42.8 Å². The van der Waals surface area contributed by atoms with E-state index < -0.39 is 0 Å². The molecule has 1 saturated heterocycles. The second kappa shape index (κ2) is 5.57. The van der Waals surface area contributed by atoms with Gasteiger partial charge >= 0.3 is 0 Å². The third kappa shape index (κ3) is 2.71. The van der Waals surface area contributed by atoms with E-state index in [2.05, 4.69) is 35.0 Å². The summed E-state index contributed by atoms with van der Waals surface area (Å²) in [5.41, 5.74) is 2.45. The van der Waals surface area contributed by atoms with Crippen LogP contribution in [0.15, 0.2) is 41.1 Å². The molecule has 3 nitrogen and oxygen atoms in total. The first-order chi connectivity index (χ1) is 9.36. The number of pyridine rings is 1. The van der Waals surface area contributed by atoms with E-state index in [9.17, 15) is 0 Å². The Bertz CT molecular complexity index is 504. The largest absolute Gasteiger partial charge is 0.468 e. The summed E-state index contributed by atoms with van der Waals surface area (Å²) in [7, 11) is 0. The molecule has 2 aromatic heterocycles. The molecule has 1 fully saturated rings. The van der Waals surface area contributed by atoms with Gasteiger partial charge in [0.15, 0.2) is 0 Å². The van der Waals surface area contributed by atoms with Gasteiger partial charge < -0.3 is 4.42 Å². The predicted octanol–water partition coefficient (Wildman–Crippen LogP) is 3.57. The molecule has 3 heteroatoms. The van der Waals surface area contributed by atoms with Crippen LogP contribution < -0.4 is 0 Å². The topological polar surface area (TPSA) is 29.3 Å². The van der Waals surface area contributed by atoms with Gasteiger partial charge in [-0.15, -0.1) is 0 Å². The molecule has 19 heavy (non-hydrogen) atoms. The molecule has 0 spiro atoms. The Morgan fingerprint density at radius 1 is 1.37 bits per heavy atom. The van der Waals surface area contributed by atoms with E-state index in [4.69, 9.17) is 4.42 Å². The number of nitrogens with zero attached hydrogens (tertiary/aromatic N) is 2. The lowest BCUT2D eigenvalue weighted by molar-refractivity contribution is 0.218. The predicted molar refractivity (Wildman–Crippen MR) is 74.7 cm³/mol. The summed E-state index contributed by atoms with van der Waals surface area (Å²) in [6, 6.07) is 8.80. The van der Waals surface area contributed by atoms with Crippen LogP contribution in [0.4, 0.5) is 0 Å². The summed E-state index contributed by atoms with van der Waals surface area (Å²) in [6.07, 6.45) is 7.22. The van der Waals surface area contributed by atoms with Crippen molar-refractivity contribution < 1.29 is 4.42 Å². The minimum absolute atomic E-state index is 0.419. The molecule has 3 rings (SSSR count). The Morgan fingerprint density at radius 3 is 3.00 bits per heavy atom. The van der Waals surface area contributed by atoms with Crippen molar-refractivity contribution in [1.29, 1.82) is 0 Å². The molecule has 1 aliphatic heterocycles. The molecule has 0 bridgehead atoms. The summed E-state index contributed by atoms with van der Waals surface area (Å²) in [4.78, 5) is 7.02. The van der Waals surface area contributed by atoms with Gasteiger partial charge in [0.25, 0.3) is 0 Å². The van der Waals surface area contributed by atoms with Crippen LogP contribution >= 0.6 is 0 Å². The van der Waals surface area contributed by atoms with E-state index in [1.165, 1.54) is 18.4 Å². The fourth-order valence-electron chi connectivity index (χ4n) is 2.78. The molecule has 100 valence electrons. The maximum atomic E-state index is 5.56. The van der Waals surface area contributed by atoms with Crippen molar-refractivity contribution in [2.75, 3.05) is 6.54 Å². The van der Waals surface area contributed by atoms with Gasteiger partial charge in [-0.25, -0.2) is 0 Å². The van der Waals surface area contributed by atoms with Crippen LogP contribution in [0.5, 0.6) is 0 Å². The molecule has 1 aliphatic rings. The summed E-state index contributed by atoms with van der Waals surface area (Å²) < 4.78 is 5.56. The first kappa shape index (κ1) is 12.4. The third-order valence-electron chi connectivity index (χ3n) is 3.89. The standard InChI is InChI=1S/C16H20N2O/c1-2-13-7-8-14(17-11-13)12-18-9-3-5-15(18)16-6-4-10-19-16/h4,6-8,10-11,15H,2-3,5,9,12H2,1H3/t15-/m0/s1. The van der Waals surface area contributed by atoms with Gasteiger partial charge in [0.1, 0.15) is 5.76 Å². The molecule has 1 atom stereocenters. The number of furan rings is 1. The first-order valence-corrected chi connectivity index (χ1v) is 7.08. The highest BCUT2D eigenvalue weighted by molar-refractivity contribution is 5.15. The first-order valence-electron chi connectivity index (χ1n) is 7.08. The SMILES string of the molecule is CCc1ccc(CN2CCC[C@H]2c2ccco2)nc1. The molecular formula is C16H20N2O. The maximum absolute atomic E-state index is 5.56. The molecule has 0 N–H and O–H groups in total. The Kier molecular flexibility index (Phi) is 3.65. The maximum Gasteiger partial charge on any atom is 0.120 e. The van der Waals surface area contributed by atoms with E-state index in [0.717, 1.165) is 31.0 Å². The lowest BCUT2D eigenvalue weighted by Crippen LogP contribution is -2.23. The zero-order valence-corrected chi connectivity index (χ0v) is 11.4. The quantitative estimate of drug-likeness (QED) is 0.837. The summed E-state index contributed by atoms with van der Waals surface area (Å²) in [5.74, 6) is 1.09. The second-order valence-electron chi connectivity index (χ2n) is 5.16. The number of rotatable bonds is 4. The smallest absolute Gasteiger partial charge is 0.120 e. The molecule has 0 aromatic carbocycles. The Hall–Kier alpha value is -1.61. The monoisotopic (exact) mass is 256 g/mol. The van der Waals surface area contributed by atoms with Crippen LogP contribution in [0.2, 0.25) is 0 Å². The summed E-state index contributed by atoms with van der Waals surface area (Å²) in [5, 5.41) is 0. The molecule has 0 radical (unpaired) electrons. The van der Waals surface area contributed by atoms with E-state index in [1.54, 1.807) is 6.26 Å². The lowest BCUT2D eigenvalue weighted by atomic mass is 10.1. The van der Waals surface area contributed by atoms with Crippen LogP contribution in [-0.2, 0) is 13.0 Å². The van der Waals surface area contributed by atoms with Crippen LogP contribution in [0.25, 0.3) is 0 Å². The highest BCUT2D eigenvalue weighted by atomic mass is 16.3. The highest BCUT2D eigenvalue weighted by Crippen LogP contribution is 2.32. The average molecular weight is 256 g/mol. The van der Waals surface area contributed by atoms with Crippen LogP contribution in [0.3, 0.4) is 0 Å². The number of aryl methyl sites for hydroxylation is 1. The third-order valence-corrected chi connectivity index (χ3v) is 3.89. The van der Waals surface area contributed by atoms with Gasteiger partial charge in [0, 0.05) is 12.7 Å².